The number of carbonyl (C=O) groups is 1. The molecule has 1 aromatic carbocycles. The van der Waals surface area contributed by atoms with Crippen molar-refractivity contribution in [2.75, 3.05) is 0 Å². The molecule has 0 saturated heterocycles. The molecule has 116 valence electrons. The van der Waals surface area contributed by atoms with Crippen LogP contribution in [0.4, 0.5) is 0 Å². The van der Waals surface area contributed by atoms with Crippen molar-refractivity contribution in [1.29, 1.82) is 0 Å². The predicted octanol–water partition coefficient (Wildman–Crippen LogP) is 0.535. The monoisotopic (exact) mass is 321 g/mol. The van der Waals surface area contributed by atoms with E-state index in [-0.39, 0.29) is 16.5 Å². The molecule has 0 aliphatic rings. The van der Waals surface area contributed by atoms with E-state index in [1.54, 1.807) is 12.1 Å². The van der Waals surface area contributed by atoms with Gasteiger partial charge in [0.2, 0.25) is 14.9 Å². The Balaban J connectivity index is 2.21. The second-order valence-electron chi connectivity index (χ2n) is 4.68. The average Bonchev–Trinajstić information content (AvgIpc) is 2.95. The molecule has 22 heavy (non-hydrogen) atoms. The van der Waals surface area contributed by atoms with Gasteiger partial charge in [0.25, 0.3) is 0 Å². The van der Waals surface area contributed by atoms with Crippen molar-refractivity contribution in [2.45, 2.75) is 29.5 Å². The van der Waals surface area contributed by atoms with E-state index in [1.807, 2.05) is 6.92 Å². The first-order chi connectivity index (χ1) is 10.4. The molecule has 7 nitrogen and oxygen atoms in total. The molecule has 8 heteroatoms. The van der Waals surface area contributed by atoms with Crippen LogP contribution in [0.1, 0.15) is 5.56 Å². The van der Waals surface area contributed by atoms with Gasteiger partial charge >= 0.3 is 0 Å². The zero-order valence-corrected chi connectivity index (χ0v) is 12.6. The average molecular weight is 321 g/mol. The van der Waals surface area contributed by atoms with Crippen LogP contribution in [0.15, 0.2) is 52.5 Å². The first-order valence-electron chi connectivity index (χ1n) is 6.45. The van der Waals surface area contributed by atoms with Crippen LogP contribution in [0.5, 0.6) is 0 Å². The normalized spacial score (nSPS) is 13.4. The molecule has 1 aromatic heterocycles. The van der Waals surface area contributed by atoms with Gasteiger partial charge in [-0.3, -0.25) is 4.79 Å². The fourth-order valence-electron chi connectivity index (χ4n) is 1.76. The molecule has 0 amide bonds. The van der Waals surface area contributed by atoms with E-state index in [0.717, 1.165) is 11.6 Å². The zero-order valence-electron chi connectivity index (χ0n) is 11.8. The molecule has 0 aliphatic heterocycles. The Bertz CT molecular complexity index is 779. The number of aryl methyl sites for hydroxylation is 1. The van der Waals surface area contributed by atoms with Crippen LogP contribution in [-0.2, 0) is 21.2 Å². The number of benzene rings is 1. The molecule has 1 atom stereocenters. The van der Waals surface area contributed by atoms with E-state index < -0.39 is 15.9 Å². The number of allylic oxidation sites excluding steroid dienone is 1. The summed E-state index contributed by atoms with van der Waals surface area (Å²) in [6.45, 7) is 1.86. The maximum absolute atomic E-state index is 12.4. The van der Waals surface area contributed by atoms with Crippen LogP contribution < -0.4 is 0 Å². The van der Waals surface area contributed by atoms with E-state index in [1.165, 1.54) is 29.1 Å². The number of carbonyl (C=O) groups excluding carboxylic acids is 1. The van der Waals surface area contributed by atoms with Gasteiger partial charge in [0.1, 0.15) is 6.29 Å². The fraction of sp³-hybridized carbons (Fsp3) is 0.214. The Morgan fingerprint density at radius 3 is 2.64 bits per heavy atom. The molecule has 0 aliphatic carbocycles. The zero-order chi connectivity index (χ0) is 16.2. The molecule has 0 fully saturated rings. The van der Waals surface area contributed by atoms with Crippen LogP contribution in [0, 0.1) is 6.92 Å². The third-order valence-electron chi connectivity index (χ3n) is 2.91. The number of aliphatic hydroxyl groups excluding tert-OH is 1. The van der Waals surface area contributed by atoms with E-state index in [4.69, 9.17) is 0 Å². The van der Waals surface area contributed by atoms with Crippen molar-refractivity contribution in [3.63, 3.8) is 0 Å². The molecule has 2 rings (SSSR count). The Kier molecular flexibility index (Phi) is 4.84. The number of sulfone groups is 1. The quantitative estimate of drug-likeness (QED) is 0.615. The Morgan fingerprint density at radius 2 is 2.00 bits per heavy atom. The van der Waals surface area contributed by atoms with Crippen LogP contribution in [0.3, 0.4) is 0 Å². The minimum Gasteiger partial charge on any atom is -0.387 e. The number of hydrogen-bond donors (Lipinski definition) is 1. The minimum atomic E-state index is -3.74. The van der Waals surface area contributed by atoms with Gasteiger partial charge < -0.3 is 5.11 Å². The van der Waals surface area contributed by atoms with Gasteiger partial charge in [0, 0.05) is 0 Å². The number of aliphatic hydroxyl groups is 1. The second kappa shape index (κ2) is 6.63. The Morgan fingerprint density at radius 1 is 1.32 bits per heavy atom. The maximum Gasteiger partial charge on any atom is 0.227 e. The summed E-state index contributed by atoms with van der Waals surface area (Å²) in [5, 5.41) is 16.7. The van der Waals surface area contributed by atoms with Crippen molar-refractivity contribution in [3.05, 3.63) is 48.2 Å². The van der Waals surface area contributed by atoms with Crippen molar-refractivity contribution in [3.8, 4) is 0 Å². The van der Waals surface area contributed by atoms with Gasteiger partial charge in [-0.2, -0.15) is 0 Å². The molecule has 1 unspecified atom stereocenters. The van der Waals surface area contributed by atoms with Crippen molar-refractivity contribution < 1.29 is 18.3 Å². The summed E-state index contributed by atoms with van der Waals surface area (Å²) in [7, 11) is -3.74. The summed E-state index contributed by atoms with van der Waals surface area (Å²) in [6.07, 6.45) is 3.26. The lowest BCUT2D eigenvalue weighted by molar-refractivity contribution is -0.104. The van der Waals surface area contributed by atoms with Gasteiger partial charge in [-0.15, -0.1) is 5.10 Å². The highest BCUT2D eigenvalue weighted by Crippen LogP contribution is 2.18. The number of aromatic nitrogens is 3. The van der Waals surface area contributed by atoms with Crippen LogP contribution >= 0.6 is 0 Å². The first-order valence-corrected chi connectivity index (χ1v) is 7.93. The highest BCUT2D eigenvalue weighted by atomic mass is 32.2. The molecule has 1 heterocycles. The first kappa shape index (κ1) is 16.1. The van der Waals surface area contributed by atoms with E-state index >= 15 is 0 Å². The van der Waals surface area contributed by atoms with E-state index in [0.29, 0.717) is 6.29 Å². The van der Waals surface area contributed by atoms with Gasteiger partial charge in [-0.1, -0.05) is 29.0 Å². The smallest absolute Gasteiger partial charge is 0.227 e. The number of rotatable bonds is 6. The number of aldehydes is 1. The van der Waals surface area contributed by atoms with Crippen molar-refractivity contribution in [2.24, 2.45) is 0 Å². The van der Waals surface area contributed by atoms with Crippen LogP contribution in [-0.4, -0.2) is 40.9 Å². The Hall–Kier alpha value is -2.32. The standard InChI is InChI=1S/C14H15N3O4S/c1-11-4-6-13(7-5-11)22(20,21)14-10-17(16-15-14)9-12(19)3-2-8-18/h2-8,10,12,19H,9H2,1H3/b3-2+. The summed E-state index contributed by atoms with van der Waals surface area (Å²) in [6, 6.07) is 6.41. The molecule has 2 aromatic rings. The lowest BCUT2D eigenvalue weighted by Gasteiger charge is -2.03. The Labute approximate surface area is 127 Å². The summed E-state index contributed by atoms with van der Waals surface area (Å²) in [5.74, 6) is 0. The van der Waals surface area contributed by atoms with E-state index in [9.17, 15) is 18.3 Å². The molecule has 0 radical (unpaired) electrons. The molecular formula is C14H15N3O4S. The predicted molar refractivity (Wildman–Crippen MR) is 77.9 cm³/mol. The van der Waals surface area contributed by atoms with E-state index in [2.05, 4.69) is 10.3 Å². The summed E-state index contributed by atoms with van der Waals surface area (Å²) < 4.78 is 26.0. The van der Waals surface area contributed by atoms with Gasteiger partial charge in [0.05, 0.1) is 23.7 Å². The second-order valence-corrected chi connectivity index (χ2v) is 6.58. The third kappa shape index (κ3) is 3.66. The lowest BCUT2D eigenvalue weighted by atomic mass is 10.2. The third-order valence-corrected chi connectivity index (χ3v) is 4.54. The van der Waals surface area contributed by atoms with Crippen molar-refractivity contribution >= 4 is 16.1 Å². The maximum atomic E-state index is 12.4. The molecular weight excluding hydrogens is 306 g/mol. The fourth-order valence-corrected chi connectivity index (χ4v) is 2.90. The SMILES string of the molecule is Cc1ccc(S(=O)(=O)c2cn(CC(O)/C=C/C=O)nn2)cc1. The molecule has 0 spiro atoms. The van der Waals surface area contributed by atoms with Crippen molar-refractivity contribution in [1.82, 2.24) is 15.0 Å². The topological polar surface area (TPSA) is 102 Å². The summed E-state index contributed by atoms with van der Waals surface area (Å²) >= 11 is 0. The molecule has 1 N–H and O–H groups in total. The summed E-state index contributed by atoms with van der Waals surface area (Å²) in [5.41, 5.74) is 0.952. The highest BCUT2D eigenvalue weighted by Gasteiger charge is 2.21. The highest BCUT2D eigenvalue weighted by molar-refractivity contribution is 7.91. The van der Waals surface area contributed by atoms with Gasteiger partial charge in [-0.25, -0.2) is 13.1 Å². The minimum absolute atomic E-state index is 0.000752. The van der Waals surface area contributed by atoms with Gasteiger partial charge in [0.15, 0.2) is 0 Å². The van der Waals surface area contributed by atoms with Crippen LogP contribution in [0.2, 0.25) is 0 Å². The van der Waals surface area contributed by atoms with Crippen LogP contribution in [0.25, 0.3) is 0 Å². The lowest BCUT2D eigenvalue weighted by Crippen LogP contribution is -2.13. The largest absolute Gasteiger partial charge is 0.387 e. The van der Waals surface area contributed by atoms with Gasteiger partial charge in [-0.05, 0) is 25.1 Å². The summed E-state index contributed by atoms with van der Waals surface area (Å²) in [4.78, 5) is 10.3. The molecule has 0 saturated carbocycles. The molecule has 0 bridgehead atoms. The number of hydrogen-bond acceptors (Lipinski definition) is 6. The number of nitrogens with zero attached hydrogens (tertiary/aromatic N) is 3.